The summed E-state index contributed by atoms with van der Waals surface area (Å²) < 4.78 is 0. The minimum Gasteiger partial charge on any atom is -0.384 e. The molecule has 5 nitrogen and oxygen atoms in total. The molecule has 0 radical (unpaired) electrons. The van der Waals surface area contributed by atoms with E-state index in [1.807, 2.05) is 13.0 Å². The van der Waals surface area contributed by atoms with E-state index in [2.05, 4.69) is 17.3 Å². The van der Waals surface area contributed by atoms with Gasteiger partial charge in [0, 0.05) is 30.4 Å². The Labute approximate surface area is 120 Å². The first-order valence-corrected chi connectivity index (χ1v) is 7.15. The van der Waals surface area contributed by atoms with Gasteiger partial charge < -0.3 is 10.2 Å². The van der Waals surface area contributed by atoms with Crippen LogP contribution in [0.15, 0.2) is 12.1 Å². The van der Waals surface area contributed by atoms with E-state index in [0.717, 1.165) is 24.3 Å². The topological polar surface area (TPSA) is 58.4 Å². The van der Waals surface area contributed by atoms with Crippen molar-refractivity contribution in [3.05, 3.63) is 33.4 Å². The van der Waals surface area contributed by atoms with Gasteiger partial charge >= 0.3 is 0 Å². The van der Waals surface area contributed by atoms with Crippen molar-refractivity contribution in [1.29, 1.82) is 0 Å². The average Bonchev–Trinajstić information content (AvgIpc) is 2.39. The number of nitrogens with one attached hydrogen (secondary N) is 1. The van der Waals surface area contributed by atoms with Crippen LogP contribution in [0.2, 0.25) is 0 Å². The molecule has 1 aliphatic rings. The minimum absolute atomic E-state index is 0.199. The van der Waals surface area contributed by atoms with Crippen molar-refractivity contribution in [2.75, 3.05) is 32.0 Å². The summed E-state index contributed by atoms with van der Waals surface area (Å²) >= 11 is 0. The number of hydrogen-bond acceptors (Lipinski definition) is 4. The molecule has 0 aromatic heterocycles. The summed E-state index contributed by atoms with van der Waals surface area (Å²) in [6.07, 6.45) is 2.50. The molecule has 0 saturated carbocycles. The zero-order chi connectivity index (χ0) is 14.7. The smallest absolute Gasteiger partial charge is 0.272 e. The van der Waals surface area contributed by atoms with Crippen LogP contribution < -0.4 is 5.32 Å². The van der Waals surface area contributed by atoms with E-state index < -0.39 is 0 Å². The summed E-state index contributed by atoms with van der Waals surface area (Å²) in [7, 11) is 2.16. The average molecular weight is 277 g/mol. The molecule has 1 heterocycles. The highest BCUT2D eigenvalue weighted by Gasteiger charge is 2.18. The van der Waals surface area contributed by atoms with Crippen LogP contribution in [0.25, 0.3) is 0 Å². The Morgan fingerprint density at radius 2 is 2.15 bits per heavy atom. The molecule has 0 bridgehead atoms. The van der Waals surface area contributed by atoms with Crippen molar-refractivity contribution < 1.29 is 4.92 Å². The Kier molecular flexibility index (Phi) is 4.60. The zero-order valence-corrected chi connectivity index (χ0v) is 12.5. The van der Waals surface area contributed by atoms with Crippen LogP contribution >= 0.6 is 0 Å². The van der Waals surface area contributed by atoms with E-state index in [4.69, 9.17) is 0 Å². The first-order valence-electron chi connectivity index (χ1n) is 7.15. The molecule has 110 valence electrons. The molecule has 0 spiro atoms. The largest absolute Gasteiger partial charge is 0.384 e. The van der Waals surface area contributed by atoms with Gasteiger partial charge in [0.1, 0.15) is 0 Å². The molecule has 0 amide bonds. The van der Waals surface area contributed by atoms with Crippen molar-refractivity contribution in [1.82, 2.24) is 4.90 Å². The van der Waals surface area contributed by atoms with Gasteiger partial charge in [-0.25, -0.2) is 0 Å². The van der Waals surface area contributed by atoms with Crippen molar-refractivity contribution >= 4 is 11.4 Å². The van der Waals surface area contributed by atoms with Gasteiger partial charge in [0.05, 0.1) is 4.92 Å². The Bertz CT molecular complexity index is 502. The van der Waals surface area contributed by atoms with E-state index in [0.29, 0.717) is 11.5 Å². The third-order valence-corrected chi connectivity index (χ3v) is 4.04. The second-order valence-corrected chi connectivity index (χ2v) is 5.86. The monoisotopic (exact) mass is 277 g/mol. The molecule has 1 aromatic carbocycles. The number of rotatable bonds is 4. The second kappa shape index (κ2) is 6.22. The van der Waals surface area contributed by atoms with E-state index in [1.165, 1.54) is 19.4 Å². The maximum atomic E-state index is 10.9. The van der Waals surface area contributed by atoms with Crippen LogP contribution in [0.4, 0.5) is 11.4 Å². The Morgan fingerprint density at radius 1 is 1.40 bits per heavy atom. The van der Waals surface area contributed by atoms with Crippen LogP contribution in [0.1, 0.15) is 24.0 Å². The number of piperidine rings is 1. The summed E-state index contributed by atoms with van der Waals surface area (Å²) in [5, 5.41) is 14.4. The van der Waals surface area contributed by atoms with Gasteiger partial charge in [-0.2, -0.15) is 0 Å². The van der Waals surface area contributed by atoms with Crippen LogP contribution in [-0.2, 0) is 0 Å². The standard InChI is InChI=1S/C15H23N3O2/c1-11-8-15(18(19)20)12(2)7-14(11)16-9-13-5-4-6-17(3)10-13/h7-8,13,16H,4-6,9-10H2,1-3H3. The number of anilines is 1. The van der Waals surface area contributed by atoms with Crippen molar-refractivity contribution in [3.63, 3.8) is 0 Å². The highest BCUT2D eigenvalue weighted by Crippen LogP contribution is 2.26. The molecule has 1 unspecified atom stereocenters. The molecule has 1 fully saturated rings. The van der Waals surface area contributed by atoms with Gasteiger partial charge in [0.2, 0.25) is 0 Å². The molecule has 0 aliphatic carbocycles. The molecule has 1 aliphatic heterocycles. The van der Waals surface area contributed by atoms with Gasteiger partial charge in [0.15, 0.2) is 0 Å². The van der Waals surface area contributed by atoms with E-state index >= 15 is 0 Å². The van der Waals surface area contributed by atoms with Gasteiger partial charge in [-0.1, -0.05) is 0 Å². The van der Waals surface area contributed by atoms with Crippen molar-refractivity contribution in [2.45, 2.75) is 26.7 Å². The molecule has 20 heavy (non-hydrogen) atoms. The Balaban J connectivity index is 2.02. The lowest BCUT2D eigenvalue weighted by Gasteiger charge is -2.30. The summed E-state index contributed by atoms with van der Waals surface area (Å²) in [5.41, 5.74) is 2.86. The number of aryl methyl sites for hydroxylation is 2. The summed E-state index contributed by atoms with van der Waals surface area (Å²) in [4.78, 5) is 13.0. The number of benzene rings is 1. The molecule has 2 rings (SSSR count). The maximum Gasteiger partial charge on any atom is 0.272 e. The van der Waals surface area contributed by atoms with Gasteiger partial charge in [-0.15, -0.1) is 0 Å². The van der Waals surface area contributed by atoms with Crippen LogP contribution in [0, 0.1) is 29.9 Å². The highest BCUT2D eigenvalue weighted by atomic mass is 16.6. The normalized spacial score (nSPS) is 19.9. The number of hydrogen-bond donors (Lipinski definition) is 1. The minimum atomic E-state index is -0.317. The number of nitrogens with zero attached hydrogens (tertiary/aromatic N) is 2. The Hall–Kier alpha value is -1.62. The third kappa shape index (κ3) is 3.48. The predicted octanol–water partition coefficient (Wildman–Crippen LogP) is 2.97. The lowest BCUT2D eigenvalue weighted by Crippen LogP contribution is -2.35. The molecule has 1 saturated heterocycles. The first-order chi connectivity index (χ1) is 9.47. The number of likely N-dealkylation sites (tertiary alicyclic amines) is 1. The highest BCUT2D eigenvalue weighted by molar-refractivity contribution is 5.59. The molecular formula is C15H23N3O2. The molecule has 1 atom stereocenters. The number of nitro benzene ring substituents is 1. The number of nitro groups is 1. The lowest BCUT2D eigenvalue weighted by atomic mass is 9.98. The van der Waals surface area contributed by atoms with E-state index in [-0.39, 0.29) is 10.6 Å². The van der Waals surface area contributed by atoms with E-state index in [1.54, 1.807) is 13.0 Å². The van der Waals surface area contributed by atoms with Crippen molar-refractivity contribution in [2.24, 2.45) is 5.92 Å². The van der Waals surface area contributed by atoms with Crippen LogP contribution in [0.3, 0.4) is 0 Å². The molecule has 1 N–H and O–H groups in total. The fourth-order valence-electron chi connectivity index (χ4n) is 2.88. The lowest BCUT2D eigenvalue weighted by molar-refractivity contribution is -0.385. The van der Waals surface area contributed by atoms with Crippen LogP contribution in [0.5, 0.6) is 0 Å². The summed E-state index contributed by atoms with van der Waals surface area (Å²) in [6, 6.07) is 3.55. The summed E-state index contributed by atoms with van der Waals surface area (Å²) in [5.74, 6) is 0.656. The van der Waals surface area contributed by atoms with Crippen molar-refractivity contribution in [3.8, 4) is 0 Å². The fourth-order valence-corrected chi connectivity index (χ4v) is 2.88. The van der Waals surface area contributed by atoms with Gasteiger partial charge in [-0.05, 0) is 57.8 Å². The van der Waals surface area contributed by atoms with E-state index in [9.17, 15) is 10.1 Å². The molecule has 1 aromatic rings. The molecular weight excluding hydrogens is 254 g/mol. The SMILES string of the molecule is Cc1cc([N+](=O)[O-])c(C)cc1NCC1CCCN(C)C1. The first kappa shape index (κ1) is 14.8. The second-order valence-electron chi connectivity index (χ2n) is 5.86. The summed E-state index contributed by atoms with van der Waals surface area (Å²) in [6.45, 7) is 6.95. The third-order valence-electron chi connectivity index (χ3n) is 4.04. The fraction of sp³-hybridized carbons (Fsp3) is 0.600. The molecule has 5 heteroatoms. The zero-order valence-electron chi connectivity index (χ0n) is 12.5. The quantitative estimate of drug-likeness (QED) is 0.679. The Morgan fingerprint density at radius 3 is 2.80 bits per heavy atom. The van der Waals surface area contributed by atoms with Gasteiger partial charge in [0.25, 0.3) is 5.69 Å². The predicted molar refractivity (Wildman–Crippen MR) is 81.3 cm³/mol. The maximum absolute atomic E-state index is 10.9. The van der Waals surface area contributed by atoms with Crippen LogP contribution in [-0.4, -0.2) is 36.5 Å². The van der Waals surface area contributed by atoms with Gasteiger partial charge in [-0.3, -0.25) is 10.1 Å².